The van der Waals surface area contributed by atoms with Gasteiger partial charge < -0.3 is 5.73 Å². The number of rotatable bonds is 2. The molecule has 0 heterocycles. The Morgan fingerprint density at radius 3 is 2.75 bits per heavy atom. The maximum Gasteiger partial charge on any atom is 0.248 e. The molecule has 0 atom stereocenters. The summed E-state index contributed by atoms with van der Waals surface area (Å²) >= 11 is 0. The molecule has 1 aromatic carbocycles. The van der Waals surface area contributed by atoms with Gasteiger partial charge in [-0.1, -0.05) is 12.1 Å². The lowest BCUT2D eigenvalue weighted by molar-refractivity contribution is 0.0999. The van der Waals surface area contributed by atoms with Crippen LogP contribution in [0.2, 0.25) is 0 Å². The van der Waals surface area contributed by atoms with Gasteiger partial charge in [-0.2, -0.15) is 0 Å². The second-order valence-corrected chi connectivity index (χ2v) is 2.76. The van der Waals surface area contributed by atoms with Crippen molar-refractivity contribution in [3.63, 3.8) is 0 Å². The molecule has 63 valence electrons. The molecule has 1 amide bonds. The zero-order chi connectivity index (χ0) is 9.14. The van der Waals surface area contributed by atoms with Gasteiger partial charge in [-0.15, -0.1) is 0 Å². The van der Waals surface area contributed by atoms with Gasteiger partial charge in [-0.25, -0.2) is 0 Å². The monoisotopic (exact) mass is 162 g/mol. The van der Waals surface area contributed by atoms with Crippen molar-refractivity contribution in [1.29, 1.82) is 0 Å². The highest BCUT2D eigenvalue weighted by molar-refractivity contribution is 5.94. The summed E-state index contributed by atoms with van der Waals surface area (Å²) in [5.41, 5.74) is 7.73. The van der Waals surface area contributed by atoms with E-state index >= 15 is 0 Å². The van der Waals surface area contributed by atoms with Gasteiger partial charge in [0.25, 0.3) is 0 Å². The fourth-order valence-electron chi connectivity index (χ4n) is 1.09. The van der Waals surface area contributed by atoms with Gasteiger partial charge in [0, 0.05) is 5.56 Å². The average Bonchev–Trinajstić information content (AvgIpc) is 2.05. The third kappa shape index (κ3) is 1.64. The van der Waals surface area contributed by atoms with Gasteiger partial charge in [0.2, 0.25) is 5.91 Å². The maximum atomic E-state index is 10.9. The fraction of sp³-hybridized carbons (Fsp3) is 0.200. The quantitative estimate of drug-likeness (QED) is 0.703. The number of amides is 1. The first kappa shape index (κ1) is 8.78. The predicted molar refractivity (Wildman–Crippen MR) is 48.8 cm³/mol. The van der Waals surface area contributed by atoms with E-state index in [1.165, 1.54) is 0 Å². The lowest BCUT2D eigenvalue weighted by atomic mass is 10.0. The van der Waals surface area contributed by atoms with Crippen LogP contribution in [0.25, 0.3) is 0 Å². The molecule has 0 aliphatic rings. The van der Waals surface area contributed by atoms with Crippen LogP contribution in [-0.2, 0) is 6.42 Å². The van der Waals surface area contributed by atoms with E-state index in [2.05, 4.69) is 6.92 Å². The summed E-state index contributed by atoms with van der Waals surface area (Å²) in [6.07, 6.45) is 0.681. The molecular formula is C10H12NO. The third-order valence-corrected chi connectivity index (χ3v) is 1.86. The van der Waals surface area contributed by atoms with Gasteiger partial charge in [-0.3, -0.25) is 4.79 Å². The van der Waals surface area contributed by atoms with E-state index in [-0.39, 0.29) is 5.91 Å². The molecule has 1 radical (unpaired) electrons. The van der Waals surface area contributed by atoms with E-state index in [9.17, 15) is 4.79 Å². The number of hydrogen-bond donors (Lipinski definition) is 1. The number of carbonyl (C=O) groups excluding carboxylic acids is 1. The summed E-state index contributed by atoms with van der Waals surface area (Å²) < 4.78 is 0. The molecule has 12 heavy (non-hydrogen) atoms. The molecule has 0 spiro atoms. The van der Waals surface area contributed by atoms with Crippen molar-refractivity contribution in [1.82, 2.24) is 0 Å². The Balaban J connectivity index is 3.17. The number of benzene rings is 1. The van der Waals surface area contributed by atoms with Crippen LogP contribution >= 0.6 is 0 Å². The normalized spacial score (nSPS) is 9.83. The molecule has 0 saturated heterocycles. The Kier molecular flexibility index (Phi) is 2.48. The van der Waals surface area contributed by atoms with Crippen molar-refractivity contribution in [3.8, 4) is 0 Å². The van der Waals surface area contributed by atoms with Gasteiger partial charge in [0.1, 0.15) is 0 Å². The van der Waals surface area contributed by atoms with Crippen LogP contribution in [0.15, 0.2) is 18.2 Å². The first-order chi connectivity index (χ1) is 5.65. The van der Waals surface area contributed by atoms with E-state index in [1.54, 1.807) is 6.07 Å². The molecule has 1 rings (SSSR count). The van der Waals surface area contributed by atoms with Gasteiger partial charge >= 0.3 is 0 Å². The Morgan fingerprint density at radius 1 is 1.58 bits per heavy atom. The minimum atomic E-state index is -0.372. The number of hydrogen-bond acceptors (Lipinski definition) is 1. The minimum Gasteiger partial charge on any atom is -0.366 e. The van der Waals surface area contributed by atoms with Crippen molar-refractivity contribution >= 4 is 5.91 Å². The molecule has 0 unspecified atom stereocenters. The minimum absolute atomic E-state index is 0.372. The largest absolute Gasteiger partial charge is 0.366 e. The van der Waals surface area contributed by atoms with Crippen molar-refractivity contribution in [2.24, 2.45) is 5.73 Å². The lowest BCUT2D eigenvalue weighted by Gasteiger charge is -2.03. The van der Waals surface area contributed by atoms with E-state index in [4.69, 9.17) is 5.73 Å². The zero-order valence-corrected chi connectivity index (χ0v) is 7.13. The molecule has 0 aliphatic heterocycles. The number of primary amides is 1. The van der Waals surface area contributed by atoms with Crippen molar-refractivity contribution in [2.75, 3.05) is 0 Å². The second kappa shape index (κ2) is 3.39. The van der Waals surface area contributed by atoms with Crippen LogP contribution in [0.3, 0.4) is 0 Å². The molecule has 0 aromatic heterocycles. The van der Waals surface area contributed by atoms with Crippen LogP contribution in [-0.4, -0.2) is 5.91 Å². The predicted octanol–water partition coefficient (Wildman–Crippen LogP) is 1.47. The lowest BCUT2D eigenvalue weighted by Crippen LogP contribution is -2.12. The Labute approximate surface area is 72.4 Å². The van der Waals surface area contributed by atoms with Gasteiger partial charge in [0.15, 0.2) is 0 Å². The van der Waals surface area contributed by atoms with E-state index in [0.29, 0.717) is 12.0 Å². The van der Waals surface area contributed by atoms with Crippen LogP contribution in [0.1, 0.15) is 21.5 Å². The number of aryl methyl sites for hydroxylation is 1. The van der Waals surface area contributed by atoms with E-state index in [1.807, 2.05) is 19.1 Å². The number of nitrogens with two attached hydrogens (primary N) is 1. The highest BCUT2D eigenvalue weighted by atomic mass is 16.1. The van der Waals surface area contributed by atoms with Crippen LogP contribution in [0.5, 0.6) is 0 Å². The summed E-state index contributed by atoms with van der Waals surface area (Å²) in [7, 11) is 0. The SMILES string of the molecule is [CH2]Cc1ccc(C)c(C(N)=O)c1. The highest BCUT2D eigenvalue weighted by Gasteiger charge is 2.04. The van der Waals surface area contributed by atoms with E-state index < -0.39 is 0 Å². The zero-order valence-electron chi connectivity index (χ0n) is 7.13. The third-order valence-electron chi connectivity index (χ3n) is 1.86. The molecule has 0 saturated carbocycles. The standard InChI is InChI=1S/C10H12NO/c1-3-8-5-4-7(2)9(6-8)10(11)12/h4-6H,1,3H2,2H3,(H2,11,12). The van der Waals surface area contributed by atoms with Crippen molar-refractivity contribution in [2.45, 2.75) is 13.3 Å². The number of carbonyl (C=O) groups is 1. The van der Waals surface area contributed by atoms with Gasteiger partial charge in [0.05, 0.1) is 0 Å². The Morgan fingerprint density at radius 2 is 2.25 bits per heavy atom. The first-order valence-corrected chi connectivity index (χ1v) is 3.83. The molecule has 0 bridgehead atoms. The maximum absolute atomic E-state index is 10.9. The molecule has 0 fully saturated rings. The molecule has 2 N–H and O–H groups in total. The molecule has 1 aromatic rings. The fourth-order valence-corrected chi connectivity index (χ4v) is 1.09. The van der Waals surface area contributed by atoms with Gasteiger partial charge in [-0.05, 0) is 37.5 Å². The highest BCUT2D eigenvalue weighted by Crippen LogP contribution is 2.10. The van der Waals surface area contributed by atoms with E-state index in [0.717, 1.165) is 11.1 Å². The van der Waals surface area contributed by atoms with Crippen molar-refractivity contribution in [3.05, 3.63) is 41.8 Å². The second-order valence-electron chi connectivity index (χ2n) is 2.76. The molecule has 2 nitrogen and oxygen atoms in total. The summed E-state index contributed by atoms with van der Waals surface area (Å²) in [5.74, 6) is -0.372. The van der Waals surface area contributed by atoms with Crippen LogP contribution in [0, 0.1) is 13.8 Å². The van der Waals surface area contributed by atoms with Crippen LogP contribution in [0.4, 0.5) is 0 Å². The summed E-state index contributed by atoms with van der Waals surface area (Å²) in [6.45, 7) is 5.60. The Bertz CT molecular complexity index is 305. The van der Waals surface area contributed by atoms with Crippen LogP contribution < -0.4 is 5.73 Å². The molecular weight excluding hydrogens is 150 g/mol. The summed E-state index contributed by atoms with van der Waals surface area (Å²) in [5, 5.41) is 0. The summed E-state index contributed by atoms with van der Waals surface area (Å²) in [6, 6.07) is 5.64. The molecule has 0 aliphatic carbocycles. The summed E-state index contributed by atoms with van der Waals surface area (Å²) in [4.78, 5) is 10.9. The van der Waals surface area contributed by atoms with Crippen molar-refractivity contribution < 1.29 is 4.79 Å². The topological polar surface area (TPSA) is 43.1 Å². The first-order valence-electron chi connectivity index (χ1n) is 3.83. The average molecular weight is 162 g/mol. The molecule has 2 heteroatoms. The smallest absolute Gasteiger partial charge is 0.248 e. The Hall–Kier alpha value is -1.31.